The highest BCUT2D eigenvalue weighted by molar-refractivity contribution is 8.00. The van der Waals surface area contributed by atoms with Gasteiger partial charge in [0.25, 0.3) is 0 Å². The molecular weight excluding hydrogens is 809 g/mol. The van der Waals surface area contributed by atoms with Gasteiger partial charge in [-0.05, 0) is 12.1 Å². The van der Waals surface area contributed by atoms with Gasteiger partial charge in [-0.3, -0.25) is 4.79 Å². The van der Waals surface area contributed by atoms with Crippen molar-refractivity contribution in [3.05, 3.63) is 71.0 Å². The largest absolute Gasteiger partial charge is 0.534 e. The maximum absolute atomic E-state index is 13.2. The molecule has 0 radical (unpaired) electrons. The summed E-state index contributed by atoms with van der Waals surface area (Å²) in [5, 5.41) is 1.79. The third kappa shape index (κ3) is 8.48. The molecule has 6 aromatic rings. The van der Waals surface area contributed by atoms with Gasteiger partial charge >= 0.3 is 46.9 Å². The second-order valence-corrected chi connectivity index (χ2v) is 14.2. The van der Waals surface area contributed by atoms with Gasteiger partial charge in [0.2, 0.25) is 11.4 Å². The number of aromatic amines is 3. The lowest BCUT2D eigenvalue weighted by Crippen LogP contribution is -2.34. The van der Waals surface area contributed by atoms with Gasteiger partial charge in [-0.1, -0.05) is 0 Å². The fourth-order valence-corrected chi connectivity index (χ4v) is 5.67. The van der Waals surface area contributed by atoms with E-state index < -0.39 is 64.4 Å². The Labute approximate surface area is 278 Å². The molecule has 52 heavy (non-hydrogen) atoms. The molecule has 6 rings (SSSR count). The molecule has 0 spiro atoms. The van der Waals surface area contributed by atoms with E-state index in [-0.39, 0.29) is 22.0 Å². The first-order valence-electron chi connectivity index (χ1n) is 12.5. The van der Waals surface area contributed by atoms with Gasteiger partial charge in [0.05, 0.1) is 29.6 Å². The molecule has 0 aromatic carbocycles. The third-order valence-electron chi connectivity index (χ3n) is 5.82. The Kier molecular flexibility index (Phi) is 10.2. The van der Waals surface area contributed by atoms with Crippen molar-refractivity contribution in [1.82, 2.24) is 29.9 Å². The first-order chi connectivity index (χ1) is 23.6. The lowest BCUT2D eigenvalue weighted by molar-refractivity contribution is -0.0586. The summed E-state index contributed by atoms with van der Waals surface area (Å²) in [6.45, 7) is 0. The SMILES string of the molecule is O=S(=O)(OS(=O)(=O)C(F)(F)F)C(F)(F)F.O=S(=O)(Oc1cc2c(cn1)[nH]c1ncc(F)cc12)C(F)(F)F.O=c1cc2c(c[nH]1)[nH]c1ncc(F)cc12. The average Bonchev–Trinajstić information content (AvgIpc) is 3.52. The molecule has 0 saturated heterocycles. The summed E-state index contributed by atoms with van der Waals surface area (Å²) in [6.07, 6.45) is 4.71. The predicted octanol–water partition coefficient (Wildman–Crippen LogP) is 4.72. The van der Waals surface area contributed by atoms with Crippen LogP contribution in [0.3, 0.4) is 0 Å². The normalized spacial score (nSPS) is 13.1. The summed E-state index contributed by atoms with van der Waals surface area (Å²) < 4.78 is 199. The molecule has 0 aliphatic carbocycles. The van der Waals surface area contributed by atoms with E-state index >= 15 is 0 Å². The number of pyridine rings is 4. The van der Waals surface area contributed by atoms with Crippen molar-refractivity contribution in [2.75, 3.05) is 0 Å². The minimum absolute atomic E-state index is 0.215. The molecule has 282 valence electrons. The van der Waals surface area contributed by atoms with Crippen molar-refractivity contribution in [2.45, 2.75) is 16.5 Å². The fraction of sp³-hybridized carbons (Fsp3) is 0.130. The summed E-state index contributed by atoms with van der Waals surface area (Å²) >= 11 is 0. The minimum Gasteiger partial charge on any atom is -0.355 e. The first kappa shape index (κ1) is 39.6. The van der Waals surface area contributed by atoms with Gasteiger partial charge in [0.15, 0.2) is 0 Å². The number of rotatable bonds is 4. The van der Waals surface area contributed by atoms with E-state index in [9.17, 15) is 78.3 Å². The van der Waals surface area contributed by atoms with Gasteiger partial charge in [-0.2, -0.15) is 64.8 Å². The van der Waals surface area contributed by atoms with Crippen LogP contribution in [0.4, 0.5) is 48.3 Å². The van der Waals surface area contributed by atoms with Crippen LogP contribution in [-0.4, -0.2) is 71.7 Å². The summed E-state index contributed by atoms with van der Waals surface area (Å²) in [6, 6.07) is 4.84. The van der Waals surface area contributed by atoms with E-state index in [4.69, 9.17) is 0 Å². The lowest BCUT2D eigenvalue weighted by atomic mass is 10.2. The van der Waals surface area contributed by atoms with Crippen LogP contribution in [0.1, 0.15) is 0 Å². The van der Waals surface area contributed by atoms with Crippen molar-refractivity contribution < 1.29 is 81.4 Å². The zero-order chi connectivity index (χ0) is 39.2. The monoisotopic (exact) mass is 820 g/mol. The number of halogens is 11. The van der Waals surface area contributed by atoms with E-state index in [1.165, 1.54) is 12.1 Å². The van der Waals surface area contributed by atoms with Crippen molar-refractivity contribution in [3.8, 4) is 5.88 Å². The van der Waals surface area contributed by atoms with Crippen LogP contribution < -0.4 is 9.74 Å². The van der Waals surface area contributed by atoms with Crippen molar-refractivity contribution in [3.63, 3.8) is 0 Å². The zero-order valence-corrected chi connectivity index (χ0v) is 26.5. The molecule has 29 heteroatoms. The molecule has 6 heterocycles. The molecule has 0 atom stereocenters. The first-order valence-corrected chi connectivity index (χ1v) is 16.8. The standard InChI is InChI=1S/C11H5F4N3O3S.C10H6FN3O.C2F6O5S2/c12-5-1-7-6-2-9(21-22(19,20)11(13,14)15)16-4-8(6)18-10(7)17-3-5;11-5-1-7-6-2-9(15)12-4-8(6)14-10(7)13-3-5;3-1(4,5)14(9,10)13-15(11,12)2(6,7)8/h1-4H,(H,17,18);1-4H,(H,12,15)(H,13,14);. The second kappa shape index (κ2) is 13.4. The molecule has 0 aliphatic heterocycles. The summed E-state index contributed by atoms with van der Waals surface area (Å²) in [5.74, 6) is -1.85. The predicted molar refractivity (Wildman–Crippen MR) is 152 cm³/mol. The quantitative estimate of drug-likeness (QED) is 0.125. The average molecular weight is 821 g/mol. The Morgan fingerprint density at radius 2 is 1.00 bits per heavy atom. The smallest absolute Gasteiger partial charge is 0.355 e. The van der Waals surface area contributed by atoms with Gasteiger partial charge < -0.3 is 19.1 Å². The van der Waals surface area contributed by atoms with Gasteiger partial charge in [0.1, 0.15) is 22.9 Å². The molecule has 0 amide bonds. The molecule has 6 aromatic heterocycles. The lowest BCUT2D eigenvalue weighted by Gasteiger charge is -2.09. The fourth-order valence-electron chi connectivity index (χ4n) is 3.70. The van der Waals surface area contributed by atoms with Crippen molar-refractivity contribution in [2.24, 2.45) is 0 Å². The Hall–Kier alpha value is -5.16. The Morgan fingerprint density at radius 1 is 0.558 bits per heavy atom. The summed E-state index contributed by atoms with van der Waals surface area (Å²) in [5.41, 5.74) is -16.4. The van der Waals surface area contributed by atoms with Crippen LogP contribution in [0.2, 0.25) is 0 Å². The highest BCUT2D eigenvalue weighted by atomic mass is 32.3. The molecule has 0 fully saturated rings. The van der Waals surface area contributed by atoms with Crippen LogP contribution in [0.25, 0.3) is 43.9 Å². The van der Waals surface area contributed by atoms with Crippen LogP contribution in [0.15, 0.2) is 53.8 Å². The maximum Gasteiger partial charge on any atom is 0.534 e. The van der Waals surface area contributed by atoms with E-state index in [1.54, 1.807) is 6.20 Å². The number of H-pyrrole nitrogens is 3. The van der Waals surface area contributed by atoms with Crippen LogP contribution >= 0.6 is 0 Å². The topological polar surface area (TPSA) is 224 Å². The minimum atomic E-state index is -6.85. The Morgan fingerprint density at radius 3 is 1.46 bits per heavy atom. The van der Waals surface area contributed by atoms with Gasteiger partial charge in [-0.15, -0.1) is 3.63 Å². The van der Waals surface area contributed by atoms with Crippen LogP contribution in [0.5, 0.6) is 5.88 Å². The number of nitrogens with one attached hydrogen (secondary N) is 3. The summed E-state index contributed by atoms with van der Waals surface area (Å²) in [7, 11) is -19.5. The molecule has 0 saturated carbocycles. The van der Waals surface area contributed by atoms with Crippen molar-refractivity contribution >= 4 is 74.2 Å². The van der Waals surface area contributed by atoms with Crippen LogP contribution in [-0.2, 0) is 34.0 Å². The van der Waals surface area contributed by atoms with Crippen LogP contribution in [0, 0.1) is 11.6 Å². The number of fused-ring (bicyclic) bond motifs is 6. The number of hydrogen-bond acceptors (Lipinski definition) is 12. The van der Waals surface area contributed by atoms with Crippen molar-refractivity contribution in [1.29, 1.82) is 0 Å². The Bertz CT molecular complexity index is 2670. The maximum atomic E-state index is 13.2. The van der Waals surface area contributed by atoms with E-state index in [0.29, 0.717) is 21.9 Å². The second-order valence-electron chi connectivity index (χ2n) is 9.39. The van der Waals surface area contributed by atoms with E-state index in [0.717, 1.165) is 36.2 Å². The molecule has 0 aliphatic rings. The van der Waals surface area contributed by atoms with E-state index in [1.807, 2.05) is 3.63 Å². The number of nitrogens with zero attached hydrogens (tertiary/aromatic N) is 3. The number of alkyl halides is 9. The molecule has 15 nitrogen and oxygen atoms in total. The molecule has 0 unspecified atom stereocenters. The molecule has 3 N–H and O–H groups in total. The highest BCUT2D eigenvalue weighted by Crippen LogP contribution is 2.33. The molecule has 0 bridgehead atoms. The Balaban J connectivity index is 0.000000180. The third-order valence-corrected chi connectivity index (χ3v) is 9.35. The zero-order valence-electron chi connectivity index (χ0n) is 24.0. The molecular formula is C23H11F11N6O9S3. The summed E-state index contributed by atoms with van der Waals surface area (Å²) in [4.78, 5) is 30.5. The van der Waals surface area contributed by atoms with E-state index in [2.05, 4.69) is 34.1 Å². The number of aromatic nitrogens is 6. The van der Waals surface area contributed by atoms with Gasteiger partial charge in [-0.25, -0.2) is 23.7 Å². The highest BCUT2D eigenvalue weighted by Gasteiger charge is 2.57. The van der Waals surface area contributed by atoms with Gasteiger partial charge in [0, 0.05) is 39.9 Å². The number of hydrogen-bond donors (Lipinski definition) is 3.